The lowest BCUT2D eigenvalue weighted by Crippen LogP contribution is -2.38. The zero-order valence-electron chi connectivity index (χ0n) is 13.9. The Morgan fingerprint density at radius 3 is 2.48 bits per heavy atom. The number of nitrogens with zero attached hydrogens (tertiary/aromatic N) is 4. The van der Waals surface area contributed by atoms with Crippen LogP contribution in [0, 0.1) is 11.7 Å². The van der Waals surface area contributed by atoms with E-state index in [-0.39, 0.29) is 17.6 Å². The summed E-state index contributed by atoms with van der Waals surface area (Å²) in [5.41, 5.74) is -3.01. The van der Waals surface area contributed by atoms with Crippen LogP contribution in [0.1, 0.15) is 29.5 Å². The Morgan fingerprint density at radius 1 is 1.26 bits per heavy atom. The van der Waals surface area contributed by atoms with Crippen LogP contribution in [0.5, 0.6) is 0 Å². The van der Waals surface area contributed by atoms with Gasteiger partial charge < -0.3 is 10.0 Å². The van der Waals surface area contributed by atoms with Crippen molar-refractivity contribution in [3.8, 4) is 5.69 Å². The van der Waals surface area contributed by atoms with Crippen molar-refractivity contribution in [2.24, 2.45) is 5.92 Å². The minimum absolute atomic E-state index is 0.0270. The van der Waals surface area contributed by atoms with E-state index >= 15 is 0 Å². The number of likely N-dealkylation sites (tertiary alicyclic amines) is 1. The van der Waals surface area contributed by atoms with Crippen LogP contribution < -0.4 is 0 Å². The van der Waals surface area contributed by atoms with Crippen LogP contribution in [0.3, 0.4) is 0 Å². The van der Waals surface area contributed by atoms with E-state index in [1.807, 2.05) is 0 Å². The van der Waals surface area contributed by atoms with Crippen LogP contribution >= 0.6 is 0 Å². The molecule has 0 aliphatic carbocycles. The van der Waals surface area contributed by atoms with Crippen LogP contribution in [-0.2, 0) is 11.0 Å². The van der Waals surface area contributed by atoms with Crippen LogP contribution in [0.25, 0.3) is 5.69 Å². The predicted octanol–water partition coefficient (Wildman–Crippen LogP) is 2.36. The summed E-state index contributed by atoms with van der Waals surface area (Å²) < 4.78 is 55.0. The molecule has 2 atom stereocenters. The number of amides is 1. The van der Waals surface area contributed by atoms with Gasteiger partial charge in [-0.3, -0.25) is 9.59 Å². The second-order valence-electron chi connectivity index (χ2n) is 6.12. The van der Waals surface area contributed by atoms with Crippen molar-refractivity contribution in [1.29, 1.82) is 0 Å². The maximum Gasteiger partial charge on any atom is 0.435 e. The molecule has 1 aliphatic rings. The highest BCUT2D eigenvalue weighted by Crippen LogP contribution is 2.35. The van der Waals surface area contributed by atoms with E-state index in [0.29, 0.717) is 0 Å². The fourth-order valence-electron chi connectivity index (χ4n) is 3.16. The zero-order valence-corrected chi connectivity index (χ0v) is 13.9. The number of carboxylic acid groups (broad SMARTS) is 1. The molecule has 0 bridgehead atoms. The van der Waals surface area contributed by atoms with Gasteiger partial charge >= 0.3 is 12.1 Å². The second kappa shape index (κ2) is 6.63. The Morgan fingerprint density at radius 2 is 1.93 bits per heavy atom. The average molecular weight is 386 g/mol. The second-order valence-corrected chi connectivity index (χ2v) is 6.12. The molecule has 7 nitrogen and oxygen atoms in total. The molecule has 0 spiro atoms. The summed E-state index contributed by atoms with van der Waals surface area (Å²) in [6, 6.07) is 3.84. The quantitative estimate of drug-likeness (QED) is 0.819. The maximum atomic E-state index is 13.9. The van der Waals surface area contributed by atoms with E-state index < -0.39 is 52.9 Å². The van der Waals surface area contributed by atoms with Crippen LogP contribution in [0.4, 0.5) is 17.6 Å². The minimum Gasteiger partial charge on any atom is -0.481 e. The molecular formula is C16H14F4N4O3. The molecule has 1 aromatic heterocycles. The first kappa shape index (κ1) is 18.8. The van der Waals surface area contributed by atoms with Crippen molar-refractivity contribution in [3.05, 3.63) is 41.5 Å². The van der Waals surface area contributed by atoms with Gasteiger partial charge in [-0.2, -0.15) is 13.2 Å². The molecule has 1 aliphatic heterocycles. The van der Waals surface area contributed by atoms with E-state index in [2.05, 4.69) is 10.3 Å². The van der Waals surface area contributed by atoms with Gasteiger partial charge in [0.1, 0.15) is 11.5 Å². The highest BCUT2D eigenvalue weighted by atomic mass is 19.4. The number of carbonyl (C=O) groups excluding carboxylic acids is 1. The molecule has 2 aromatic rings. The first-order valence-corrected chi connectivity index (χ1v) is 7.94. The number of aromatic nitrogens is 3. The van der Waals surface area contributed by atoms with Gasteiger partial charge in [-0.1, -0.05) is 17.3 Å². The molecule has 0 radical (unpaired) electrons. The number of aliphatic carboxylic acids is 1. The molecule has 11 heteroatoms. The van der Waals surface area contributed by atoms with E-state index in [1.165, 1.54) is 19.1 Å². The monoisotopic (exact) mass is 386 g/mol. The standard InChI is InChI=1S/C16H14F4N4O3/c1-8-9(15(26)27)6-7-23(8)14(25)12-13(16(18,19)20)24(22-21-12)11-5-3-2-4-10(11)17/h2-5,8-9H,6-7H2,1H3,(H,26,27). The fraction of sp³-hybridized carbons (Fsp3) is 0.375. The lowest BCUT2D eigenvalue weighted by Gasteiger charge is -2.23. The van der Waals surface area contributed by atoms with Gasteiger partial charge in [-0.05, 0) is 25.5 Å². The highest BCUT2D eigenvalue weighted by Gasteiger charge is 2.46. The first-order valence-electron chi connectivity index (χ1n) is 7.94. The molecule has 3 rings (SSSR count). The van der Waals surface area contributed by atoms with Crippen molar-refractivity contribution in [3.63, 3.8) is 0 Å². The van der Waals surface area contributed by atoms with E-state index in [1.54, 1.807) is 0 Å². The SMILES string of the molecule is CC1C(C(=O)O)CCN1C(=O)c1nnn(-c2ccccc2F)c1C(F)(F)F. The number of benzene rings is 1. The topological polar surface area (TPSA) is 88.3 Å². The van der Waals surface area contributed by atoms with Crippen molar-refractivity contribution >= 4 is 11.9 Å². The number of halogens is 4. The largest absolute Gasteiger partial charge is 0.481 e. The summed E-state index contributed by atoms with van der Waals surface area (Å²) in [7, 11) is 0. The molecule has 1 aromatic carbocycles. The van der Waals surface area contributed by atoms with Gasteiger partial charge in [-0.25, -0.2) is 9.07 Å². The predicted molar refractivity (Wildman–Crippen MR) is 82.6 cm³/mol. The third-order valence-electron chi connectivity index (χ3n) is 4.55. The third kappa shape index (κ3) is 3.24. The van der Waals surface area contributed by atoms with Crippen LogP contribution in [-0.4, -0.2) is 49.5 Å². The number of para-hydroxylation sites is 1. The number of hydrogen-bond donors (Lipinski definition) is 1. The average Bonchev–Trinajstić information content (AvgIpc) is 3.18. The number of carboxylic acids is 1. The molecule has 27 heavy (non-hydrogen) atoms. The Labute approximate surface area is 150 Å². The summed E-state index contributed by atoms with van der Waals surface area (Å²) in [6.45, 7) is 1.42. The lowest BCUT2D eigenvalue weighted by atomic mass is 10.0. The molecule has 2 heterocycles. The smallest absolute Gasteiger partial charge is 0.435 e. The van der Waals surface area contributed by atoms with E-state index in [0.717, 1.165) is 17.0 Å². The van der Waals surface area contributed by atoms with Crippen LogP contribution in [0.15, 0.2) is 24.3 Å². The normalized spacial score (nSPS) is 20.1. The molecule has 144 valence electrons. The molecule has 1 saturated heterocycles. The van der Waals surface area contributed by atoms with Gasteiger partial charge in [0.05, 0.1) is 5.92 Å². The Hall–Kier alpha value is -2.98. The van der Waals surface area contributed by atoms with Crippen molar-refractivity contribution in [2.75, 3.05) is 6.54 Å². The zero-order chi connectivity index (χ0) is 19.9. The van der Waals surface area contributed by atoms with Crippen molar-refractivity contribution in [1.82, 2.24) is 19.9 Å². The van der Waals surface area contributed by atoms with Crippen LogP contribution in [0.2, 0.25) is 0 Å². The fourth-order valence-corrected chi connectivity index (χ4v) is 3.16. The summed E-state index contributed by atoms with van der Waals surface area (Å²) in [5.74, 6) is -4.08. The first-order chi connectivity index (χ1) is 12.6. The Balaban J connectivity index is 2.06. The van der Waals surface area contributed by atoms with Gasteiger partial charge in [0.25, 0.3) is 5.91 Å². The minimum atomic E-state index is -5.04. The lowest BCUT2D eigenvalue weighted by molar-refractivity contribution is -0.144. The molecule has 1 N–H and O–H groups in total. The van der Waals surface area contributed by atoms with Gasteiger partial charge in [0.2, 0.25) is 0 Å². The van der Waals surface area contributed by atoms with E-state index in [4.69, 9.17) is 5.11 Å². The van der Waals surface area contributed by atoms with Gasteiger partial charge in [-0.15, -0.1) is 5.10 Å². The molecule has 1 amide bonds. The summed E-state index contributed by atoms with van der Waals surface area (Å²) >= 11 is 0. The summed E-state index contributed by atoms with van der Waals surface area (Å²) in [6.07, 6.45) is -4.92. The third-order valence-corrected chi connectivity index (χ3v) is 4.55. The highest BCUT2D eigenvalue weighted by molar-refractivity contribution is 5.94. The van der Waals surface area contributed by atoms with E-state index in [9.17, 15) is 27.2 Å². The number of carbonyl (C=O) groups is 2. The van der Waals surface area contributed by atoms with Gasteiger partial charge in [0, 0.05) is 12.6 Å². The Kier molecular flexibility index (Phi) is 4.62. The molecule has 0 saturated carbocycles. The van der Waals surface area contributed by atoms with Crippen molar-refractivity contribution in [2.45, 2.75) is 25.6 Å². The summed E-state index contributed by atoms with van der Waals surface area (Å²) in [5, 5.41) is 15.8. The van der Waals surface area contributed by atoms with Crippen molar-refractivity contribution < 1.29 is 32.3 Å². The van der Waals surface area contributed by atoms with Gasteiger partial charge in [0.15, 0.2) is 11.4 Å². The molecule has 1 fully saturated rings. The Bertz CT molecular complexity index is 896. The number of rotatable bonds is 3. The molecular weight excluding hydrogens is 372 g/mol. The maximum absolute atomic E-state index is 13.9. The summed E-state index contributed by atoms with van der Waals surface area (Å²) in [4.78, 5) is 24.8. The number of hydrogen-bond acceptors (Lipinski definition) is 4. The molecule has 2 unspecified atom stereocenters. The number of alkyl halides is 3.